The highest BCUT2D eigenvalue weighted by Gasteiger charge is 2.44. The number of esters is 1. The predicted octanol–water partition coefficient (Wildman–Crippen LogP) is 5.19. The summed E-state index contributed by atoms with van der Waals surface area (Å²) in [6.45, 7) is 13.7. The molecule has 4 atom stereocenters. The normalized spacial score (nSPS) is 24.3. The number of carbonyl (C=O) groups is 1. The van der Waals surface area contributed by atoms with Crippen LogP contribution in [-0.4, -0.2) is 50.6 Å². The third-order valence-electron chi connectivity index (χ3n) is 6.47. The Morgan fingerprint density at radius 1 is 1.19 bits per heavy atom. The third-order valence-corrected chi connectivity index (χ3v) is 11.0. The van der Waals surface area contributed by atoms with Crippen LogP contribution in [0.2, 0.25) is 18.1 Å². The van der Waals surface area contributed by atoms with Gasteiger partial charge in [0.1, 0.15) is 18.3 Å². The molecule has 0 amide bonds. The van der Waals surface area contributed by atoms with E-state index in [0.717, 1.165) is 24.8 Å². The molecule has 1 saturated heterocycles. The first-order chi connectivity index (χ1) is 15.0. The SMILES string of the molecule is CCCCCC(=O)O[C@@H]1CC(O)O[C@H](CO[Si](C)(C)C(C)(C)C)[C@H]1OCc1ccccc1. The van der Waals surface area contributed by atoms with Crippen molar-refractivity contribution in [3.05, 3.63) is 35.9 Å². The van der Waals surface area contributed by atoms with Gasteiger partial charge in [0.05, 0.1) is 13.2 Å². The minimum absolute atomic E-state index is 0.0474. The molecule has 6 nitrogen and oxygen atoms in total. The fourth-order valence-corrected chi connectivity index (χ4v) is 4.41. The first-order valence-electron chi connectivity index (χ1n) is 11.9. The maximum atomic E-state index is 12.4. The molecule has 32 heavy (non-hydrogen) atoms. The minimum atomic E-state index is -2.03. The van der Waals surface area contributed by atoms with Crippen LogP contribution in [0, 0.1) is 0 Å². The van der Waals surface area contributed by atoms with Crippen molar-refractivity contribution in [3.8, 4) is 0 Å². The monoisotopic (exact) mass is 466 g/mol. The molecular formula is C25H42O6Si. The number of aliphatic hydroxyl groups excluding tert-OH is 1. The van der Waals surface area contributed by atoms with Crippen LogP contribution in [0.15, 0.2) is 30.3 Å². The Labute approximate surface area is 194 Å². The molecule has 1 aromatic rings. The van der Waals surface area contributed by atoms with E-state index in [1.165, 1.54) is 0 Å². The second-order valence-electron chi connectivity index (χ2n) is 10.2. The van der Waals surface area contributed by atoms with E-state index >= 15 is 0 Å². The largest absolute Gasteiger partial charge is 0.459 e. The Kier molecular flexibility index (Phi) is 10.4. The van der Waals surface area contributed by atoms with E-state index in [0.29, 0.717) is 13.0 Å². The van der Waals surface area contributed by atoms with Crippen LogP contribution in [0.4, 0.5) is 0 Å². The zero-order chi connectivity index (χ0) is 23.8. The number of ether oxygens (including phenoxy) is 3. The Bertz CT molecular complexity index is 687. The summed E-state index contributed by atoms with van der Waals surface area (Å²) >= 11 is 0. The van der Waals surface area contributed by atoms with Crippen LogP contribution < -0.4 is 0 Å². The fraction of sp³-hybridized carbons (Fsp3) is 0.720. The summed E-state index contributed by atoms with van der Waals surface area (Å²) < 4.78 is 24.3. The van der Waals surface area contributed by atoms with Gasteiger partial charge in [-0.1, -0.05) is 70.9 Å². The van der Waals surface area contributed by atoms with Crippen LogP contribution in [0.25, 0.3) is 0 Å². The zero-order valence-corrected chi connectivity index (χ0v) is 21.6. The van der Waals surface area contributed by atoms with Crippen molar-refractivity contribution in [2.45, 2.75) is 109 Å². The van der Waals surface area contributed by atoms with E-state index in [9.17, 15) is 9.90 Å². The maximum Gasteiger partial charge on any atom is 0.306 e. The number of hydrogen-bond acceptors (Lipinski definition) is 6. The Morgan fingerprint density at radius 2 is 1.88 bits per heavy atom. The molecule has 1 fully saturated rings. The molecule has 0 spiro atoms. The fourth-order valence-electron chi connectivity index (χ4n) is 3.39. The first kappa shape index (κ1) is 27.0. The quantitative estimate of drug-likeness (QED) is 0.275. The summed E-state index contributed by atoms with van der Waals surface area (Å²) in [6.07, 6.45) is 0.754. The van der Waals surface area contributed by atoms with Crippen molar-refractivity contribution in [2.24, 2.45) is 0 Å². The van der Waals surface area contributed by atoms with Gasteiger partial charge >= 0.3 is 5.97 Å². The molecule has 0 bridgehead atoms. The lowest BCUT2D eigenvalue weighted by atomic mass is 10.0. The molecule has 0 saturated carbocycles. The first-order valence-corrected chi connectivity index (χ1v) is 14.8. The van der Waals surface area contributed by atoms with Crippen LogP contribution in [0.5, 0.6) is 0 Å². The zero-order valence-electron chi connectivity index (χ0n) is 20.6. The number of benzene rings is 1. The van der Waals surface area contributed by atoms with Gasteiger partial charge in [0.25, 0.3) is 0 Å². The molecule has 2 rings (SSSR count). The van der Waals surface area contributed by atoms with Crippen molar-refractivity contribution in [2.75, 3.05) is 6.61 Å². The van der Waals surface area contributed by atoms with Crippen molar-refractivity contribution in [3.63, 3.8) is 0 Å². The van der Waals surface area contributed by atoms with Crippen LogP contribution in [-0.2, 0) is 30.0 Å². The van der Waals surface area contributed by atoms with Crippen LogP contribution >= 0.6 is 0 Å². The highest BCUT2D eigenvalue weighted by atomic mass is 28.4. The van der Waals surface area contributed by atoms with E-state index in [1.54, 1.807) is 0 Å². The standard InChI is InChI=1S/C25H42O6Si/c1-7-8-10-15-22(26)30-20-16-23(27)31-21(18-29-32(5,6)25(2,3)4)24(20)28-17-19-13-11-9-12-14-19/h9,11-14,20-21,23-24,27H,7-8,10,15-18H2,1-6H3/t20-,21-,23?,24+/m1/s1. The number of unbranched alkanes of at least 4 members (excludes halogenated alkanes) is 2. The Hall–Kier alpha value is -1.25. The lowest BCUT2D eigenvalue weighted by Crippen LogP contribution is -2.54. The van der Waals surface area contributed by atoms with Gasteiger partial charge in [-0.05, 0) is 30.1 Å². The van der Waals surface area contributed by atoms with Gasteiger partial charge in [-0.25, -0.2) is 0 Å². The summed E-state index contributed by atoms with van der Waals surface area (Å²) in [4.78, 5) is 12.4. The molecule has 1 aliphatic rings. The summed E-state index contributed by atoms with van der Waals surface area (Å²) in [5.74, 6) is -0.255. The summed E-state index contributed by atoms with van der Waals surface area (Å²) in [5, 5.41) is 10.4. The van der Waals surface area contributed by atoms with Crippen molar-refractivity contribution >= 4 is 14.3 Å². The average molecular weight is 467 g/mol. The number of rotatable bonds is 11. The number of carbonyl (C=O) groups excluding carboxylic acids is 1. The molecule has 1 unspecified atom stereocenters. The Morgan fingerprint density at radius 3 is 2.50 bits per heavy atom. The summed E-state index contributed by atoms with van der Waals surface area (Å²) in [5.41, 5.74) is 1.02. The molecule has 0 aromatic heterocycles. The molecule has 0 aliphatic carbocycles. The second kappa shape index (κ2) is 12.3. The second-order valence-corrected chi connectivity index (χ2v) is 15.0. The molecular weight excluding hydrogens is 424 g/mol. The molecule has 7 heteroatoms. The summed E-state index contributed by atoms with van der Waals surface area (Å²) in [7, 11) is -2.03. The van der Waals surface area contributed by atoms with E-state index in [4.69, 9.17) is 18.6 Å². The van der Waals surface area contributed by atoms with Gasteiger partial charge < -0.3 is 23.7 Å². The van der Waals surface area contributed by atoms with E-state index in [2.05, 4.69) is 40.8 Å². The van der Waals surface area contributed by atoms with Gasteiger partial charge in [-0.2, -0.15) is 0 Å². The lowest BCUT2D eigenvalue weighted by molar-refractivity contribution is -0.256. The van der Waals surface area contributed by atoms with Crippen LogP contribution in [0.3, 0.4) is 0 Å². The van der Waals surface area contributed by atoms with Crippen LogP contribution in [0.1, 0.15) is 65.4 Å². The summed E-state index contributed by atoms with van der Waals surface area (Å²) in [6, 6.07) is 9.86. The Balaban J connectivity index is 2.13. The van der Waals surface area contributed by atoms with E-state index < -0.39 is 32.9 Å². The average Bonchev–Trinajstić information content (AvgIpc) is 2.71. The third kappa shape index (κ3) is 8.27. The number of aliphatic hydroxyl groups is 1. The predicted molar refractivity (Wildman–Crippen MR) is 128 cm³/mol. The smallest absolute Gasteiger partial charge is 0.306 e. The molecule has 182 valence electrons. The van der Waals surface area contributed by atoms with Gasteiger partial charge in [0, 0.05) is 12.8 Å². The maximum absolute atomic E-state index is 12.4. The highest BCUT2D eigenvalue weighted by Crippen LogP contribution is 2.37. The van der Waals surface area contributed by atoms with E-state index in [-0.39, 0.29) is 24.0 Å². The molecule has 0 radical (unpaired) electrons. The highest BCUT2D eigenvalue weighted by molar-refractivity contribution is 6.74. The van der Waals surface area contributed by atoms with Crippen molar-refractivity contribution in [1.29, 1.82) is 0 Å². The molecule has 1 heterocycles. The topological polar surface area (TPSA) is 74.2 Å². The molecule has 1 aliphatic heterocycles. The van der Waals surface area contributed by atoms with Gasteiger partial charge in [0.2, 0.25) is 0 Å². The number of hydrogen-bond donors (Lipinski definition) is 1. The lowest BCUT2D eigenvalue weighted by Gasteiger charge is -2.42. The van der Waals surface area contributed by atoms with Crippen molar-refractivity contribution < 1.29 is 28.5 Å². The van der Waals surface area contributed by atoms with Crippen molar-refractivity contribution in [1.82, 2.24) is 0 Å². The molecule has 1 N–H and O–H groups in total. The van der Waals surface area contributed by atoms with Gasteiger partial charge in [-0.15, -0.1) is 0 Å². The van der Waals surface area contributed by atoms with E-state index in [1.807, 2.05) is 30.3 Å². The van der Waals surface area contributed by atoms with Gasteiger partial charge in [-0.3, -0.25) is 4.79 Å². The molecule has 1 aromatic carbocycles. The van der Waals surface area contributed by atoms with Gasteiger partial charge in [0.15, 0.2) is 14.6 Å². The minimum Gasteiger partial charge on any atom is -0.459 e.